The second kappa shape index (κ2) is 9.25. The van der Waals surface area contributed by atoms with Crippen LogP contribution in [0.15, 0.2) is 84.0 Å². The number of sulfonamides is 1. The van der Waals surface area contributed by atoms with E-state index >= 15 is 0 Å². The summed E-state index contributed by atoms with van der Waals surface area (Å²) in [6, 6.07) is 19.7. The highest BCUT2D eigenvalue weighted by Gasteiger charge is 2.14. The van der Waals surface area contributed by atoms with Crippen molar-refractivity contribution in [3.63, 3.8) is 0 Å². The van der Waals surface area contributed by atoms with E-state index in [0.717, 1.165) is 22.0 Å². The summed E-state index contributed by atoms with van der Waals surface area (Å²) in [5.41, 5.74) is 3.82. The fraction of sp³-hybridized carbons (Fsp3) is 0.125. The summed E-state index contributed by atoms with van der Waals surface area (Å²) in [4.78, 5) is 22.0. The van der Waals surface area contributed by atoms with Crippen molar-refractivity contribution in [2.75, 3.05) is 13.6 Å². The highest BCUT2D eigenvalue weighted by atomic mass is 32.2. The number of fused-ring (bicyclic) bond motifs is 1. The first kappa shape index (κ1) is 21.6. The maximum absolute atomic E-state index is 13.0. The van der Waals surface area contributed by atoms with Gasteiger partial charge in [0.1, 0.15) is 0 Å². The molecule has 0 spiro atoms. The molecule has 0 radical (unpaired) electrons. The summed E-state index contributed by atoms with van der Waals surface area (Å²) >= 11 is 0. The van der Waals surface area contributed by atoms with Crippen molar-refractivity contribution in [1.82, 2.24) is 20.0 Å². The molecule has 162 valence electrons. The number of nitrogens with one attached hydrogen (secondary N) is 2. The Bertz CT molecular complexity index is 1360. The van der Waals surface area contributed by atoms with E-state index in [4.69, 9.17) is 0 Å². The van der Waals surface area contributed by atoms with Gasteiger partial charge in [-0.3, -0.25) is 9.78 Å². The summed E-state index contributed by atoms with van der Waals surface area (Å²) in [6.07, 6.45) is 3.96. The van der Waals surface area contributed by atoms with Crippen molar-refractivity contribution in [3.8, 4) is 11.3 Å². The van der Waals surface area contributed by atoms with Gasteiger partial charge in [0.15, 0.2) is 0 Å². The highest BCUT2D eigenvalue weighted by molar-refractivity contribution is 7.89. The Morgan fingerprint density at radius 3 is 2.41 bits per heavy atom. The van der Waals surface area contributed by atoms with Crippen LogP contribution in [-0.2, 0) is 16.4 Å². The summed E-state index contributed by atoms with van der Waals surface area (Å²) in [6.45, 7) is 0.415. The number of amides is 1. The van der Waals surface area contributed by atoms with Crippen molar-refractivity contribution < 1.29 is 13.2 Å². The predicted molar refractivity (Wildman–Crippen MR) is 124 cm³/mol. The van der Waals surface area contributed by atoms with E-state index in [0.29, 0.717) is 24.2 Å². The number of carbonyl (C=O) groups is 1. The second-order valence-corrected chi connectivity index (χ2v) is 9.05. The first-order chi connectivity index (χ1) is 15.5. The molecule has 0 aliphatic carbocycles. The maximum atomic E-state index is 13.0. The number of benzene rings is 2. The number of pyridine rings is 2. The molecule has 4 rings (SSSR count). The van der Waals surface area contributed by atoms with Gasteiger partial charge >= 0.3 is 0 Å². The first-order valence-corrected chi connectivity index (χ1v) is 11.6. The zero-order valence-corrected chi connectivity index (χ0v) is 18.3. The van der Waals surface area contributed by atoms with Crippen LogP contribution in [0.3, 0.4) is 0 Å². The Morgan fingerprint density at radius 1 is 0.969 bits per heavy atom. The number of nitrogens with zero attached hydrogens (tertiary/aromatic N) is 2. The van der Waals surface area contributed by atoms with Crippen LogP contribution in [-0.4, -0.2) is 37.9 Å². The van der Waals surface area contributed by atoms with Gasteiger partial charge in [-0.15, -0.1) is 0 Å². The van der Waals surface area contributed by atoms with Crippen LogP contribution in [0.1, 0.15) is 15.9 Å². The third-order valence-corrected chi connectivity index (χ3v) is 6.57. The lowest BCUT2D eigenvalue weighted by Gasteiger charge is -2.11. The van der Waals surface area contributed by atoms with Gasteiger partial charge in [0.2, 0.25) is 10.0 Å². The van der Waals surface area contributed by atoms with Gasteiger partial charge in [0.05, 0.1) is 21.7 Å². The summed E-state index contributed by atoms with van der Waals surface area (Å²) in [7, 11) is -2.09. The molecule has 0 aliphatic heterocycles. The molecule has 2 aromatic heterocycles. The average Bonchev–Trinajstić information content (AvgIpc) is 2.84. The highest BCUT2D eigenvalue weighted by Crippen LogP contribution is 2.24. The topological polar surface area (TPSA) is 101 Å². The van der Waals surface area contributed by atoms with E-state index in [1.807, 2.05) is 36.4 Å². The predicted octanol–water partition coefficient (Wildman–Crippen LogP) is 3.18. The quantitative estimate of drug-likeness (QED) is 0.454. The summed E-state index contributed by atoms with van der Waals surface area (Å²) in [5.74, 6) is -0.187. The van der Waals surface area contributed by atoms with Gasteiger partial charge in [-0.1, -0.05) is 30.3 Å². The molecular formula is C24H22N4O3S. The summed E-state index contributed by atoms with van der Waals surface area (Å²) < 4.78 is 26.0. The van der Waals surface area contributed by atoms with Gasteiger partial charge in [0.25, 0.3) is 5.91 Å². The lowest BCUT2D eigenvalue weighted by molar-refractivity contribution is 0.0955. The van der Waals surface area contributed by atoms with Crippen molar-refractivity contribution in [2.24, 2.45) is 0 Å². The standard InChI is InChI=1S/C24H22N4O3S/c1-25-32(30,31)19-8-6-17(7-9-19)10-15-27-24(29)21-16-23(18-11-13-26-14-12-18)28-22-5-3-2-4-20(21)22/h2-9,11-14,16,25H,10,15H2,1H3,(H,27,29). The van der Waals surface area contributed by atoms with E-state index in [-0.39, 0.29) is 10.8 Å². The molecule has 4 aromatic rings. The minimum Gasteiger partial charge on any atom is -0.352 e. The monoisotopic (exact) mass is 446 g/mol. The third-order valence-electron chi connectivity index (χ3n) is 5.14. The third kappa shape index (κ3) is 4.66. The van der Waals surface area contributed by atoms with Gasteiger partial charge in [0, 0.05) is 29.9 Å². The van der Waals surface area contributed by atoms with E-state index in [9.17, 15) is 13.2 Å². The molecule has 0 bridgehead atoms. The van der Waals surface area contributed by atoms with Crippen LogP contribution >= 0.6 is 0 Å². The number of carbonyl (C=O) groups excluding carboxylic acids is 1. The van der Waals surface area contributed by atoms with Gasteiger partial charge in [-0.2, -0.15) is 0 Å². The second-order valence-electron chi connectivity index (χ2n) is 7.17. The van der Waals surface area contributed by atoms with Crippen LogP contribution in [0.4, 0.5) is 0 Å². The van der Waals surface area contributed by atoms with Crippen molar-refractivity contribution in [2.45, 2.75) is 11.3 Å². The van der Waals surface area contributed by atoms with Gasteiger partial charge in [-0.05, 0) is 55.4 Å². The Kier molecular flexibility index (Phi) is 6.25. The molecule has 0 aliphatic rings. The van der Waals surface area contributed by atoms with Crippen molar-refractivity contribution >= 4 is 26.8 Å². The molecule has 0 unspecified atom stereocenters. The molecule has 0 fully saturated rings. The van der Waals surface area contributed by atoms with Crippen molar-refractivity contribution in [1.29, 1.82) is 0 Å². The Balaban J connectivity index is 1.51. The van der Waals surface area contributed by atoms with E-state index < -0.39 is 10.0 Å². The van der Waals surface area contributed by atoms with Crippen LogP contribution < -0.4 is 10.0 Å². The Labute approximate surface area is 186 Å². The number of hydrogen-bond acceptors (Lipinski definition) is 5. The van der Waals surface area contributed by atoms with Crippen LogP contribution in [0.25, 0.3) is 22.2 Å². The minimum absolute atomic E-state index is 0.187. The number of para-hydroxylation sites is 1. The first-order valence-electron chi connectivity index (χ1n) is 10.1. The Morgan fingerprint density at radius 2 is 1.69 bits per heavy atom. The number of aromatic nitrogens is 2. The van der Waals surface area contributed by atoms with Gasteiger partial charge in [-0.25, -0.2) is 18.1 Å². The SMILES string of the molecule is CNS(=O)(=O)c1ccc(CCNC(=O)c2cc(-c3ccncc3)nc3ccccc23)cc1. The van der Waals surface area contributed by atoms with Crippen molar-refractivity contribution in [3.05, 3.63) is 90.3 Å². The lowest BCUT2D eigenvalue weighted by Crippen LogP contribution is -2.26. The zero-order chi connectivity index (χ0) is 22.6. The van der Waals surface area contributed by atoms with E-state index in [2.05, 4.69) is 20.0 Å². The van der Waals surface area contributed by atoms with Crippen LogP contribution in [0, 0.1) is 0 Å². The maximum Gasteiger partial charge on any atom is 0.252 e. The number of hydrogen-bond donors (Lipinski definition) is 2. The molecule has 0 atom stereocenters. The van der Waals surface area contributed by atoms with Crippen LogP contribution in [0.2, 0.25) is 0 Å². The molecule has 32 heavy (non-hydrogen) atoms. The smallest absolute Gasteiger partial charge is 0.252 e. The lowest BCUT2D eigenvalue weighted by atomic mass is 10.0. The Hall–Kier alpha value is -3.62. The molecular weight excluding hydrogens is 424 g/mol. The van der Waals surface area contributed by atoms with E-state index in [1.54, 1.807) is 42.7 Å². The molecule has 0 saturated carbocycles. The molecule has 0 saturated heterocycles. The van der Waals surface area contributed by atoms with Gasteiger partial charge < -0.3 is 5.32 Å². The fourth-order valence-corrected chi connectivity index (χ4v) is 4.13. The molecule has 2 N–H and O–H groups in total. The fourth-order valence-electron chi connectivity index (χ4n) is 3.40. The summed E-state index contributed by atoms with van der Waals surface area (Å²) in [5, 5.41) is 3.75. The normalized spacial score (nSPS) is 11.4. The minimum atomic E-state index is -3.46. The molecule has 2 heterocycles. The van der Waals surface area contributed by atoms with Crippen LogP contribution in [0.5, 0.6) is 0 Å². The largest absolute Gasteiger partial charge is 0.352 e. The number of rotatable bonds is 7. The average molecular weight is 447 g/mol. The molecule has 1 amide bonds. The van der Waals surface area contributed by atoms with E-state index in [1.165, 1.54) is 7.05 Å². The molecule has 7 nitrogen and oxygen atoms in total. The molecule has 8 heteroatoms. The zero-order valence-electron chi connectivity index (χ0n) is 17.4. The molecule has 2 aromatic carbocycles.